The van der Waals surface area contributed by atoms with Crippen LogP contribution in [-0.2, 0) is 4.79 Å². The highest BCUT2D eigenvalue weighted by molar-refractivity contribution is 5.80. The highest BCUT2D eigenvalue weighted by Crippen LogP contribution is 2.13. The molecule has 0 saturated carbocycles. The summed E-state index contributed by atoms with van der Waals surface area (Å²) in [7, 11) is 0. The lowest BCUT2D eigenvalue weighted by Crippen LogP contribution is -2.48. The van der Waals surface area contributed by atoms with E-state index >= 15 is 0 Å². The fourth-order valence-electron chi connectivity index (χ4n) is 5.18. The molecule has 0 aromatic rings. The summed E-state index contributed by atoms with van der Waals surface area (Å²) in [6, 6.07) is -0.795. The van der Waals surface area contributed by atoms with Crippen LogP contribution in [0, 0.1) is 0 Å². The van der Waals surface area contributed by atoms with Gasteiger partial charge in [-0.05, 0) is 44.9 Å². The molecule has 0 aromatic carbocycles. The standard InChI is InChI=1S/C36H69NO4/c1-3-5-7-9-11-13-15-16-17-18-19-21-23-25-27-29-31-35(40)36(41)37-33(32-38)34(39)30-28-26-24-22-20-14-12-10-8-6-4-2/h16-17,28,30,33-35,38-40H,3-15,18-27,29,31-32H2,1-2H3,(H,37,41)/b17-16-,30-28+. The van der Waals surface area contributed by atoms with Gasteiger partial charge in [0.25, 0.3) is 0 Å². The molecule has 242 valence electrons. The molecule has 0 heterocycles. The number of aliphatic hydroxyl groups is 3. The van der Waals surface area contributed by atoms with Crippen molar-refractivity contribution < 1.29 is 20.1 Å². The number of hydrogen-bond donors (Lipinski definition) is 4. The lowest BCUT2D eigenvalue weighted by atomic mass is 10.0. The maximum absolute atomic E-state index is 12.4. The molecule has 0 radical (unpaired) electrons. The van der Waals surface area contributed by atoms with E-state index in [0.29, 0.717) is 6.42 Å². The van der Waals surface area contributed by atoms with Crippen molar-refractivity contribution in [3.05, 3.63) is 24.3 Å². The molecule has 0 aliphatic heterocycles. The Hall–Kier alpha value is -1.17. The number of amides is 1. The van der Waals surface area contributed by atoms with Gasteiger partial charge in [-0.1, -0.05) is 154 Å². The van der Waals surface area contributed by atoms with Gasteiger partial charge in [0.15, 0.2) is 0 Å². The maximum Gasteiger partial charge on any atom is 0.249 e. The number of carbonyl (C=O) groups excluding carboxylic acids is 1. The smallest absolute Gasteiger partial charge is 0.249 e. The maximum atomic E-state index is 12.4. The van der Waals surface area contributed by atoms with E-state index in [-0.39, 0.29) is 6.61 Å². The van der Waals surface area contributed by atoms with Crippen LogP contribution in [0.4, 0.5) is 0 Å². The van der Waals surface area contributed by atoms with E-state index in [2.05, 4.69) is 31.3 Å². The number of hydrogen-bond acceptors (Lipinski definition) is 4. The van der Waals surface area contributed by atoms with Crippen molar-refractivity contribution in [3.63, 3.8) is 0 Å². The average molecular weight is 580 g/mol. The number of unbranched alkanes of at least 4 members (excludes halogenated alkanes) is 21. The fourth-order valence-corrected chi connectivity index (χ4v) is 5.18. The van der Waals surface area contributed by atoms with E-state index in [4.69, 9.17) is 0 Å². The molecule has 0 bridgehead atoms. The summed E-state index contributed by atoms with van der Waals surface area (Å²) in [5, 5.41) is 32.8. The topological polar surface area (TPSA) is 89.8 Å². The van der Waals surface area contributed by atoms with Gasteiger partial charge in [0.1, 0.15) is 6.10 Å². The van der Waals surface area contributed by atoms with Crippen LogP contribution < -0.4 is 5.32 Å². The fraction of sp³-hybridized carbons (Fsp3) is 0.861. The Balaban J connectivity index is 3.77. The molecule has 0 aromatic heterocycles. The molecule has 41 heavy (non-hydrogen) atoms. The molecule has 0 saturated heterocycles. The highest BCUT2D eigenvalue weighted by atomic mass is 16.3. The Bertz CT molecular complexity index is 606. The molecular weight excluding hydrogens is 510 g/mol. The van der Waals surface area contributed by atoms with Gasteiger partial charge >= 0.3 is 0 Å². The van der Waals surface area contributed by atoms with Crippen molar-refractivity contribution in [2.24, 2.45) is 0 Å². The Morgan fingerprint density at radius 3 is 1.41 bits per heavy atom. The van der Waals surface area contributed by atoms with E-state index in [1.807, 2.05) is 6.08 Å². The van der Waals surface area contributed by atoms with Gasteiger partial charge in [-0.2, -0.15) is 0 Å². The summed E-state index contributed by atoms with van der Waals surface area (Å²) >= 11 is 0. The Morgan fingerprint density at radius 1 is 0.585 bits per heavy atom. The summed E-state index contributed by atoms with van der Waals surface area (Å²) in [6.07, 6.45) is 36.1. The minimum absolute atomic E-state index is 0.365. The third-order valence-electron chi connectivity index (χ3n) is 8.04. The van der Waals surface area contributed by atoms with Crippen LogP contribution in [0.2, 0.25) is 0 Å². The van der Waals surface area contributed by atoms with Crippen LogP contribution in [-0.4, -0.2) is 46.1 Å². The van der Waals surface area contributed by atoms with Crippen molar-refractivity contribution in [1.82, 2.24) is 5.32 Å². The lowest BCUT2D eigenvalue weighted by Gasteiger charge is -2.21. The molecule has 0 aliphatic carbocycles. The van der Waals surface area contributed by atoms with Crippen LogP contribution in [0.1, 0.15) is 174 Å². The number of nitrogens with one attached hydrogen (secondary N) is 1. The van der Waals surface area contributed by atoms with E-state index in [9.17, 15) is 20.1 Å². The van der Waals surface area contributed by atoms with Crippen molar-refractivity contribution in [2.45, 2.75) is 193 Å². The van der Waals surface area contributed by atoms with Crippen molar-refractivity contribution in [2.75, 3.05) is 6.61 Å². The Morgan fingerprint density at radius 2 is 0.976 bits per heavy atom. The van der Waals surface area contributed by atoms with E-state index in [1.165, 1.54) is 122 Å². The summed E-state index contributed by atoms with van der Waals surface area (Å²) in [5.74, 6) is -0.511. The van der Waals surface area contributed by atoms with Crippen LogP contribution >= 0.6 is 0 Å². The average Bonchev–Trinajstić information content (AvgIpc) is 2.98. The molecule has 0 spiro atoms. The van der Waals surface area contributed by atoms with Gasteiger partial charge < -0.3 is 20.6 Å². The second-order valence-electron chi connectivity index (χ2n) is 12.1. The third kappa shape index (κ3) is 27.4. The first kappa shape index (κ1) is 39.8. The van der Waals surface area contributed by atoms with Crippen LogP contribution in [0.5, 0.6) is 0 Å². The monoisotopic (exact) mass is 580 g/mol. The van der Waals surface area contributed by atoms with Crippen LogP contribution in [0.25, 0.3) is 0 Å². The van der Waals surface area contributed by atoms with Gasteiger partial charge in [0, 0.05) is 0 Å². The van der Waals surface area contributed by atoms with Gasteiger partial charge in [-0.15, -0.1) is 0 Å². The minimum Gasteiger partial charge on any atom is -0.394 e. The number of allylic oxidation sites excluding steroid dienone is 3. The zero-order valence-electron chi connectivity index (χ0n) is 27.2. The second kappa shape index (κ2) is 31.8. The minimum atomic E-state index is -1.10. The van der Waals surface area contributed by atoms with E-state index < -0.39 is 24.2 Å². The predicted octanol–water partition coefficient (Wildman–Crippen LogP) is 9.09. The van der Waals surface area contributed by atoms with Crippen molar-refractivity contribution in [3.8, 4) is 0 Å². The Kier molecular flexibility index (Phi) is 30.9. The van der Waals surface area contributed by atoms with Gasteiger partial charge in [0.05, 0.1) is 18.8 Å². The molecule has 0 rings (SSSR count). The first-order valence-electron chi connectivity index (χ1n) is 17.7. The highest BCUT2D eigenvalue weighted by Gasteiger charge is 2.22. The lowest BCUT2D eigenvalue weighted by molar-refractivity contribution is -0.131. The van der Waals surface area contributed by atoms with Gasteiger partial charge in [0.2, 0.25) is 5.91 Å². The molecule has 3 unspecified atom stereocenters. The first-order chi connectivity index (χ1) is 20.1. The molecule has 4 N–H and O–H groups in total. The third-order valence-corrected chi connectivity index (χ3v) is 8.04. The quantitative estimate of drug-likeness (QED) is 0.0487. The SMILES string of the molecule is CCCCCCCC/C=C\CCCCCCCCC(O)C(=O)NC(CO)C(O)/C=C/CCCCCCCCCCC. The van der Waals surface area contributed by atoms with Crippen LogP contribution in [0.15, 0.2) is 24.3 Å². The van der Waals surface area contributed by atoms with Crippen molar-refractivity contribution >= 4 is 5.91 Å². The summed E-state index contributed by atoms with van der Waals surface area (Å²) in [6.45, 7) is 4.14. The summed E-state index contributed by atoms with van der Waals surface area (Å²) in [4.78, 5) is 12.4. The summed E-state index contributed by atoms with van der Waals surface area (Å²) < 4.78 is 0. The largest absolute Gasteiger partial charge is 0.394 e. The Labute approximate surface area is 254 Å². The van der Waals surface area contributed by atoms with Gasteiger partial charge in [-0.3, -0.25) is 4.79 Å². The molecule has 0 fully saturated rings. The number of aliphatic hydroxyl groups excluding tert-OH is 3. The zero-order chi connectivity index (χ0) is 30.2. The zero-order valence-corrected chi connectivity index (χ0v) is 27.2. The molecule has 1 amide bonds. The van der Waals surface area contributed by atoms with Crippen LogP contribution in [0.3, 0.4) is 0 Å². The molecule has 3 atom stereocenters. The van der Waals surface area contributed by atoms with E-state index in [0.717, 1.165) is 32.1 Å². The predicted molar refractivity (Wildman–Crippen MR) is 176 cm³/mol. The number of carbonyl (C=O) groups is 1. The first-order valence-corrected chi connectivity index (χ1v) is 17.7. The number of rotatable bonds is 31. The van der Waals surface area contributed by atoms with Crippen molar-refractivity contribution in [1.29, 1.82) is 0 Å². The normalized spacial score (nSPS) is 14.2. The molecule has 5 heteroatoms. The van der Waals surface area contributed by atoms with E-state index in [1.54, 1.807) is 6.08 Å². The summed E-state index contributed by atoms with van der Waals surface area (Å²) in [5.41, 5.74) is 0. The molecular formula is C36H69NO4. The second-order valence-corrected chi connectivity index (χ2v) is 12.1. The van der Waals surface area contributed by atoms with Gasteiger partial charge in [-0.25, -0.2) is 0 Å². The molecule has 0 aliphatic rings. The molecule has 5 nitrogen and oxygen atoms in total.